The lowest BCUT2D eigenvalue weighted by Gasteiger charge is -2.24. The lowest BCUT2D eigenvalue weighted by molar-refractivity contribution is 0.316. The van der Waals surface area contributed by atoms with Crippen molar-refractivity contribution in [2.24, 2.45) is 0 Å². The van der Waals surface area contributed by atoms with Gasteiger partial charge in [0.25, 0.3) is 0 Å². The Morgan fingerprint density at radius 2 is 2.33 bits per heavy atom. The predicted molar refractivity (Wildman–Crippen MR) is 59.4 cm³/mol. The van der Waals surface area contributed by atoms with Crippen molar-refractivity contribution in [2.75, 3.05) is 13.2 Å². The van der Waals surface area contributed by atoms with Gasteiger partial charge in [-0.2, -0.15) is 0 Å². The molecule has 3 heteroatoms. The lowest BCUT2D eigenvalue weighted by atomic mass is 9.95. The second-order valence-corrected chi connectivity index (χ2v) is 3.88. The molecule has 1 atom stereocenters. The van der Waals surface area contributed by atoms with Crippen molar-refractivity contribution in [3.63, 3.8) is 0 Å². The summed E-state index contributed by atoms with van der Waals surface area (Å²) in [5, 5.41) is 13.1. The summed E-state index contributed by atoms with van der Waals surface area (Å²) < 4.78 is 5.37. The highest BCUT2D eigenvalue weighted by Gasteiger charge is 2.18. The molecule has 15 heavy (non-hydrogen) atoms. The van der Waals surface area contributed by atoms with Crippen LogP contribution in [0.2, 0.25) is 0 Å². The van der Waals surface area contributed by atoms with E-state index in [0.29, 0.717) is 18.4 Å². The molecule has 0 aromatic heterocycles. The lowest BCUT2D eigenvalue weighted by Crippen LogP contribution is -2.27. The van der Waals surface area contributed by atoms with E-state index in [-0.39, 0.29) is 5.75 Å². The van der Waals surface area contributed by atoms with Crippen LogP contribution in [0.5, 0.6) is 11.5 Å². The number of ether oxygens (including phenoxy) is 1. The minimum atomic E-state index is 0.254. The zero-order valence-electron chi connectivity index (χ0n) is 9.21. The molecule has 1 aliphatic heterocycles. The molecule has 0 bridgehead atoms. The largest absolute Gasteiger partial charge is 0.504 e. The number of phenolic OH excluding ortho intramolecular Hbond substituents is 1. The van der Waals surface area contributed by atoms with Crippen molar-refractivity contribution in [1.82, 2.24) is 5.32 Å². The van der Waals surface area contributed by atoms with Gasteiger partial charge in [-0.3, -0.25) is 0 Å². The van der Waals surface area contributed by atoms with Gasteiger partial charge in [-0.15, -0.1) is 0 Å². The van der Waals surface area contributed by atoms with E-state index in [4.69, 9.17) is 4.74 Å². The number of hydrogen-bond donors (Lipinski definition) is 2. The van der Waals surface area contributed by atoms with Gasteiger partial charge in [-0.05, 0) is 50.1 Å². The van der Waals surface area contributed by atoms with Crippen molar-refractivity contribution in [2.45, 2.75) is 26.3 Å². The number of benzene rings is 1. The summed E-state index contributed by atoms with van der Waals surface area (Å²) in [5.74, 6) is 0.844. The van der Waals surface area contributed by atoms with Gasteiger partial charge >= 0.3 is 0 Å². The van der Waals surface area contributed by atoms with Crippen molar-refractivity contribution < 1.29 is 9.84 Å². The molecular formula is C12H17NO2. The molecule has 2 N–H and O–H groups in total. The Kier molecular flexibility index (Phi) is 2.82. The van der Waals surface area contributed by atoms with E-state index >= 15 is 0 Å². The highest BCUT2D eigenvalue weighted by atomic mass is 16.5. The van der Waals surface area contributed by atoms with Gasteiger partial charge in [0, 0.05) is 6.04 Å². The zero-order chi connectivity index (χ0) is 10.8. The maximum absolute atomic E-state index is 9.74. The standard InChI is InChI=1S/C12H17NO2/c1-3-15-12-7-10-8(2)13-5-4-9(10)6-11(12)14/h6-8,13-14H,3-5H2,1-2H3. The molecule has 82 valence electrons. The van der Waals surface area contributed by atoms with Gasteiger partial charge in [-0.1, -0.05) is 0 Å². The number of rotatable bonds is 2. The van der Waals surface area contributed by atoms with E-state index in [9.17, 15) is 5.11 Å². The van der Waals surface area contributed by atoms with Crippen molar-refractivity contribution in [3.05, 3.63) is 23.3 Å². The van der Waals surface area contributed by atoms with E-state index in [2.05, 4.69) is 12.2 Å². The topological polar surface area (TPSA) is 41.5 Å². The van der Waals surface area contributed by atoms with Crippen molar-refractivity contribution >= 4 is 0 Å². The van der Waals surface area contributed by atoms with E-state index in [1.165, 1.54) is 11.1 Å². The van der Waals surface area contributed by atoms with Crippen LogP contribution in [0.1, 0.15) is 31.0 Å². The molecular weight excluding hydrogens is 190 g/mol. The van der Waals surface area contributed by atoms with E-state index in [1.54, 1.807) is 0 Å². The molecule has 1 unspecified atom stereocenters. The molecule has 1 aromatic carbocycles. The maximum Gasteiger partial charge on any atom is 0.161 e. The molecule has 0 saturated carbocycles. The molecule has 2 rings (SSSR count). The van der Waals surface area contributed by atoms with Crippen LogP contribution in [-0.4, -0.2) is 18.3 Å². The minimum Gasteiger partial charge on any atom is -0.504 e. The van der Waals surface area contributed by atoms with Crippen LogP contribution in [0.15, 0.2) is 12.1 Å². The maximum atomic E-state index is 9.74. The summed E-state index contributed by atoms with van der Waals surface area (Å²) in [6, 6.07) is 4.12. The third-order valence-electron chi connectivity index (χ3n) is 2.83. The second kappa shape index (κ2) is 4.11. The predicted octanol–water partition coefficient (Wildman–Crippen LogP) is 2.00. The Hall–Kier alpha value is -1.22. The van der Waals surface area contributed by atoms with Gasteiger partial charge in [0.15, 0.2) is 11.5 Å². The number of nitrogens with one attached hydrogen (secondary N) is 1. The Morgan fingerprint density at radius 3 is 3.07 bits per heavy atom. The summed E-state index contributed by atoms with van der Waals surface area (Å²) in [5.41, 5.74) is 2.46. The highest BCUT2D eigenvalue weighted by molar-refractivity contribution is 5.48. The van der Waals surface area contributed by atoms with Crippen LogP contribution >= 0.6 is 0 Å². The summed E-state index contributed by atoms with van der Waals surface area (Å²) in [6.45, 7) is 5.60. The van der Waals surface area contributed by atoms with Crippen LogP contribution in [0, 0.1) is 0 Å². The van der Waals surface area contributed by atoms with Gasteiger partial charge in [-0.25, -0.2) is 0 Å². The van der Waals surface area contributed by atoms with E-state index < -0.39 is 0 Å². The van der Waals surface area contributed by atoms with Crippen molar-refractivity contribution in [3.8, 4) is 11.5 Å². The molecule has 0 saturated heterocycles. The fraction of sp³-hybridized carbons (Fsp3) is 0.500. The molecule has 3 nitrogen and oxygen atoms in total. The molecule has 1 aromatic rings. The average Bonchev–Trinajstić information content (AvgIpc) is 2.21. The van der Waals surface area contributed by atoms with Gasteiger partial charge in [0.2, 0.25) is 0 Å². The summed E-state index contributed by atoms with van der Waals surface area (Å²) in [6.07, 6.45) is 0.972. The van der Waals surface area contributed by atoms with Crippen LogP contribution in [0.4, 0.5) is 0 Å². The first-order chi connectivity index (χ1) is 7.22. The molecule has 1 aliphatic rings. The Bertz CT molecular complexity index is 363. The van der Waals surface area contributed by atoms with Gasteiger partial charge in [0.05, 0.1) is 6.61 Å². The Morgan fingerprint density at radius 1 is 1.53 bits per heavy atom. The molecule has 0 spiro atoms. The van der Waals surface area contributed by atoms with Gasteiger partial charge < -0.3 is 15.2 Å². The van der Waals surface area contributed by atoms with E-state index in [0.717, 1.165) is 13.0 Å². The Balaban J connectivity index is 2.41. The molecule has 0 aliphatic carbocycles. The first-order valence-corrected chi connectivity index (χ1v) is 5.44. The average molecular weight is 207 g/mol. The van der Waals surface area contributed by atoms with Crippen LogP contribution in [0.3, 0.4) is 0 Å². The third kappa shape index (κ3) is 1.92. The Labute approximate surface area is 90.1 Å². The SMILES string of the molecule is CCOc1cc2c(cc1O)CCNC2C. The third-order valence-corrected chi connectivity index (χ3v) is 2.83. The fourth-order valence-corrected chi connectivity index (χ4v) is 2.05. The fourth-order valence-electron chi connectivity index (χ4n) is 2.05. The molecule has 0 amide bonds. The summed E-state index contributed by atoms with van der Waals surface area (Å²) >= 11 is 0. The molecule has 0 radical (unpaired) electrons. The molecule has 1 heterocycles. The quantitative estimate of drug-likeness (QED) is 0.779. The summed E-state index contributed by atoms with van der Waals surface area (Å²) in [4.78, 5) is 0. The van der Waals surface area contributed by atoms with Crippen LogP contribution in [-0.2, 0) is 6.42 Å². The second-order valence-electron chi connectivity index (χ2n) is 3.88. The van der Waals surface area contributed by atoms with Crippen LogP contribution in [0.25, 0.3) is 0 Å². The number of fused-ring (bicyclic) bond motifs is 1. The minimum absolute atomic E-state index is 0.254. The number of aromatic hydroxyl groups is 1. The first kappa shape index (κ1) is 10.3. The van der Waals surface area contributed by atoms with Crippen LogP contribution < -0.4 is 10.1 Å². The number of phenols is 1. The molecule has 0 fully saturated rings. The smallest absolute Gasteiger partial charge is 0.161 e. The van der Waals surface area contributed by atoms with Gasteiger partial charge in [0.1, 0.15) is 0 Å². The number of hydrogen-bond acceptors (Lipinski definition) is 3. The van der Waals surface area contributed by atoms with Crippen molar-refractivity contribution in [1.29, 1.82) is 0 Å². The van der Waals surface area contributed by atoms with E-state index in [1.807, 2.05) is 19.1 Å². The summed E-state index contributed by atoms with van der Waals surface area (Å²) in [7, 11) is 0. The zero-order valence-corrected chi connectivity index (χ0v) is 9.21. The normalized spacial score (nSPS) is 19.7. The monoisotopic (exact) mass is 207 g/mol. The first-order valence-electron chi connectivity index (χ1n) is 5.44. The highest BCUT2D eigenvalue weighted by Crippen LogP contribution is 2.34.